The van der Waals surface area contributed by atoms with Crippen molar-refractivity contribution < 1.29 is 15.0 Å². The van der Waals surface area contributed by atoms with E-state index < -0.39 is 0 Å². The van der Waals surface area contributed by atoms with Crippen molar-refractivity contribution in [3.63, 3.8) is 0 Å². The molecule has 1 aromatic carbocycles. The second-order valence-corrected chi connectivity index (χ2v) is 3.06. The van der Waals surface area contributed by atoms with Gasteiger partial charge in [-0.3, -0.25) is 4.79 Å². The Hall–Kier alpha value is -1.75. The molecule has 1 aromatic rings. The summed E-state index contributed by atoms with van der Waals surface area (Å²) in [6, 6.07) is 4.75. The van der Waals surface area contributed by atoms with Crippen LogP contribution in [0, 0.1) is 0 Å². The van der Waals surface area contributed by atoms with Crippen LogP contribution in [0.3, 0.4) is 0 Å². The molecular formula is C10H14N2O3. The van der Waals surface area contributed by atoms with Gasteiger partial charge in [0.05, 0.1) is 12.3 Å². The van der Waals surface area contributed by atoms with Gasteiger partial charge < -0.3 is 20.8 Å². The highest BCUT2D eigenvalue weighted by Crippen LogP contribution is 2.26. The summed E-state index contributed by atoms with van der Waals surface area (Å²) in [5.41, 5.74) is 1.06. The van der Waals surface area contributed by atoms with Gasteiger partial charge in [-0.05, 0) is 12.1 Å². The van der Waals surface area contributed by atoms with Crippen LogP contribution in [0.25, 0.3) is 0 Å². The SMILES string of the molecule is CC(=O)Nc1ccc(NCCO)c(O)c1. The van der Waals surface area contributed by atoms with Gasteiger partial charge in [0, 0.05) is 25.2 Å². The average molecular weight is 210 g/mol. The summed E-state index contributed by atoms with van der Waals surface area (Å²) in [6.45, 7) is 1.76. The van der Waals surface area contributed by atoms with E-state index in [0.29, 0.717) is 17.9 Å². The minimum atomic E-state index is -0.189. The molecule has 1 rings (SSSR count). The largest absolute Gasteiger partial charge is 0.506 e. The highest BCUT2D eigenvalue weighted by molar-refractivity contribution is 5.89. The maximum Gasteiger partial charge on any atom is 0.221 e. The van der Waals surface area contributed by atoms with E-state index >= 15 is 0 Å². The fourth-order valence-electron chi connectivity index (χ4n) is 1.15. The van der Waals surface area contributed by atoms with Crippen LogP contribution in [0.5, 0.6) is 5.75 Å². The number of aliphatic hydroxyl groups is 1. The van der Waals surface area contributed by atoms with Crippen LogP contribution in [-0.2, 0) is 4.79 Å². The standard InChI is InChI=1S/C10H14N2O3/c1-7(14)12-8-2-3-9(10(15)6-8)11-4-5-13/h2-3,6,11,13,15H,4-5H2,1H3,(H,12,14). The fraction of sp³-hybridized carbons (Fsp3) is 0.300. The van der Waals surface area contributed by atoms with E-state index in [1.807, 2.05) is 0 Å². The molecule has 0 unspecified atom stereocenters. The first-order valence-corrected chi connectivity index (χ1v) is 4.59. The molecule has 0 bridgehead atoms. The monoisotopic (exact) mass is 210 g/mol. The number of nitrogens with one attached hydrogen (secondary N) is 2. The predicted molar refractivity (Wildman–Crippen MR) is 58.0 cm³/mol. The second kappa shape index (κ2) is 5.21. The van der Waals surface area contributed by atoms with Crippen LogP contribution < -0.4 is 10.6 Å². The average Bonchev–Trinajstić information content (AvgIpc) is 2.15. The van der Waals surface area contributed by atoms with Crippen molar-refractivity contribution in [1.29, 1.82) is 0 Å². The van der Waals surface area contributed by atoms with Crippen LogP contribution in [0.2, 0.25) is 0 Å². The van der Waals surface area contributed by atoms with Gasteiger partial charge in [0.2, 0.25) is 5.91 Å². The second-order valence-electron chi connectivity index (χ2n) is 3.06. The van der Waals surface area contributed by atoms with Crippen LogP contribution >= 0.6 is 0 Å². The number of anilines is 2. The van der Waals surface area contributed by atoms with E-state index in [0.717, 1.165) is 0 Å². The summed E-state index contributed by atoms with van der Waals surface area (Å²) in [4.78, 5) is 10.7. The molecule has 0 aliphatic carbocycles. The van der Waals surface area contributed by atoms with Gasteiger partial charge in [0.1, 0.15) is 5.75 Å². The number of phenols is 1. The van der Waals surface area contributed by atoms with Crippen molar-refractivity contribution >= 4 is 17.3 Å². The van der Waals surface area contributed by atoms with E-state index in [9.17, 15) is 9.90 Å². The van der Waals surface area contributed by atoms with E-state index in [1.54, 1.807) is 12.1 Å². The van der Waals surface area contributed by atoms with E-state index in [2.05, 4.69) is 10.6 Å². The number of aliphatic hydroxyl groups excluding tert-OH is 1. The fourth-order valence-corrected chi connectivity index (χ4v) is 1.15. The molecule has 82 valence electrons. The third-order valence-corrected chi connectivity index (χ3v) is 1.75. The number of aromatic hydroxyl groups is 1. The van der Waals surface area contributed by atoms with Crippen molar-refractivity contribution in [3.8, 4) is 5.75 Å². The summed E-state index contributed by atoms with van der Waals surface area (Å²) in [5, 5.41) is 23.5. The molecule has 0 saturated carbocycles. The minimum absolute atomic E-state index is 0.00706. The number of hydrogen-bond acceptors (Lipinski definition) is 4. The van der Waals surface area contributed by atoms with E-state index in [4.69, 9.17) is 5.11 Å². The summed E-state index contributed by atoms with van der Waals surface area (Å²) < 4.78 is 0. The quantitative estimate of drug-likeness (QED) is 0.553. The molecule has 15 heavy (non-hydrogen) atoms. The first-order valence-electron chi connectivity index (χ1n) is 4.59. The highest BCUT2D eigenvalue weighted by atomic mass is 16.3. The van der Waals surface area contributed by atoms with Crippen LogP contribution in [0.15, 0.2) is 18.2 Å². The van der Waals surface area contributed by atoms with Gasteiger partial charge in [-0.25, -0.2) is 0 Å². The van der Waals surface area contributed by atoms with Crippen molar-refractivity contribution in [1.82, 2.24) is 0 Å². The Morgan fingerprint density at radius 2 is 2.20 bits per heavy atom. The highest BCUT2D eigenvalue weighted by Gasteiger charge is 2.02. The van der Waals surface area contributed by atoms with Gasteiger partial charge in [0.15, 0.2) is 0 Å². The summed E-state index contributed by atoms with van der Waals surface area (Å²) in [5.74, 6) is -0.153. The summed E-state index contributed by atoms with van der Waals surface area (Å²) in [7, 11) is 0. The van der Waals surface area contributed by atoms with Crippen molar-refractivity contribution in [2.75, 3.05) is 23.8 Å². The molecule has 0 aromatic heterocycles. The van der Waals surface area contributed by atoms with Crippen molar-refractivity contribution in [3.05, 3.63) is 18.2 Å². The zero-order valence-electron chi connectivity index (χ0n) is 8.45. The molecule has 0 spiro atoms. The normalized spacial score (nSPS) is 9.73. The number of carbonyl (C=O) groups is 1. The molecule has 0 radical (unpaired) electrons. The zero-order chi connectivity index (χ0) is 11.3. The topological polar surface area (TPSA) is 81.6 Å². The van der Waals surface area contributed by atoms with Crippen LogP contribution in [-0.4, -0.2) is 29.3 Å². The number of benzene rings is 1. The number of carbonyl (C=O) groups excluding carboxylic acids is 1. The minimum Gasteiger partial charge on any atom is -0.506 e. The Bertz CT molecular complexity index is 353. The van der Waals surface area contributed by atoms with Gasteiger partial charge in [-0.1, -0.05) is 0 Å². The third-order valence-electron chi connectivity index (χ3n) is 1.75. The third kappa shape index (κ3) is 3.47. The molecule has 1 amide bonds. The maximum absolute atomic E-state index is 10.7. The first-order chi connectivity index (χ1) is 7.13. The number of rotatable bonds is 4. The Labute approximate surface area is 87.7 Å². The van der Waals surface area contributed by atoms with Crippen molar-refractivity contribution in [2.45, 2.75) is 6.92 Å². The lowest BCUT2D eigenvalue weighted by Gasteiger charge is -2.08. The lowest BCUT2D eigenvalue weighted by atomic mass is 10.2. The van der Waals surface area contributed by atoms with Gasteiger partial charge in [-0.15, -0.1) is 0 Å². The van der Waals surface area contributed by atoms with Crippen LogP contribution in [0.1, 0.15) is 6.92 Å². The smallest absolute Gasteiger partial charge is 0.221 e. The van der Waals surface area contributed by atoms with Gasteiger partial charge in [0.25, 0.3) is 0 Å². The van der Waals surface area contributed by atoms with E-state index in [-0.39, 0.29) is 18.3 Å². The van der Waals surface area contributed by atoms with E-state index in [1.165, 1.54) is 13.0 Å². The number of phenolic OH excluding ortho intramolecular Hbond substituents is 1. The lowest BCUT2D eigenvalue weighted by Crippen LogP contribution is -2.07. The molecule has 0 saturated heterocycles. The Balaban J connectivity index is 2.74. The Morgan fingerprint density at radius 3 is 2.73 bits per heavy atom. The molecule has 0 heterocycles. The molecule has 4 N–H and O–H groups in total. The predicted octanol–water partition coefficient (Wildman–Crippen LogP) is 0.755. The van der Waals surface area contributed by atoms with Crippen molar-refractivity contribution in [2.24, 2.45) is 0 Å². The molecule has 0 atom stereocenters. The summed E-state index contributed by atoms with van der Waals surface area (Å²) >= 11 is 0. The molecule has 0 aliphatic heterocycles. The lowest BCUT2D eigenvalue weighted by molar-refractivity contribution is -0.114. The first kappa shape index (κ1) is 11.3. The van der Waals surface area contributed by atoms with Gasteiger partial charge in [-0.2, -0.15) is 0 Å². The molecule has 0 fully saturated rings. The summed E-state index contributed by atoms with van der Waals surface area (Å²) in [6.07, 6.45) is 0. The molecule has 5 heteroatoms. The molecular weight excluding hydrogens is 196 g/mol. The molecule has 0 aliphatic rings. The van der Waals surface area contributed by atoms with Gasteiger partial charge >= 0.3 is 0 Å². The Kier molecular flexibility index (Phi) is 3.93. The maximum atomic E-state index is 10.7. The zero-order valence-corrected chi connectivity index (χ0v) is 8.45. The Morgan fingerprint density at radius 1 is 1.47 bits per heavy atom. The number of hydrogen-bond donors (Lipinski definition) is 4. The molecule has 5 nitrogen and oxygen atoms in total. The number of amides is 1. The van der Waals surface area contributed by atoms with Crippen LogP contribution in [0.4, 0.5) is 11.4 Å².